The summed E-state index contributed by atoms with van der Waals surface area (Å²) in [4.78, 5) is 13.9. The van der Waals surface area contributed by atoms with Crippen molar-refractivity contribution in [2.75, 3.05) is 39.4 Å². The van der Waals surface area contributed by atoms with Gasteiger partial charge in [0.05, 0.1) is 13.2 Å². The van der Waals surface area contributed by atoms with Crippen molar-refractivity contribution in [3.63, 3.8) is 0 Å². The van der Waals surface area contributed by atoms with Crippen molar-refractivity contribution >= 4 is 5.91 Å². The Hall–Kier alpha value is -0.610. The van der Waals surface area contributed by atoms with Crippen molar-refractivity contribution in [1.82, 2.24) is 10.2 Å². The summed E-state index contributed by atoms with van der Waals surface area (Å²) in [6.45, 7) is 13.9. The average Bonchev–Trinajstić information content (AvgIpc) is 2.43. The monoisotopic (exact) mass is 298 g/mol. The SMILES string of the molecule is CC(C)CC1CCN(CCOCCNC(=O)C(C)C)CC1. The van der Waals surface area contributed by atoms with Gasteiger partial charge in [0.2, 0.25) is 5.91 Å². The Morgan fingerprint density at radius 3 is 2.43 bits per heavy atom. The second-order valence-corrected chi connectivity index (χ2v) is 6.97. The van der Waals surface area contributed by atoms with E-state index >= 15 is 0 Å². The zero-order chi connectivity index (χ0) is 15.7. The van der Waals surface area contributed by atoms with Crippen molar-refractivity contribution in [3.8, 4) is 0 Å². The highest BCUT2D eigenvalue weighted by Crippen LogP contribution is 2.23. The molecule has 1 heterocycles. The Balaban J connectivity index is 1.96. The van der Waals surface area contributed by atoms with Gasteiger partial charge in [-0.3, -0.25) is 4.79 Å². The summed E-state index contributed by atoms with van der Waals surface area (Å²) >= 11 is 0. The molecule has 0 aromatic carbocycles. The van der Waals surface area contributed by atoms with Gasteiger partial charge in [-0.2, -0.15) is 0 Å². The van der Waals surface area contributed by atoms with E-state index in [2.05, 4.69) is 24.1 Å². The van der Waals surface area contributed by atoms with Crippen molar-refractivity contribution in [2.24, 2.45) is 17.8 Å². The number of carbonyl (C=O) groups excluding carboxylic acids is 1. The molecular weight excluding hydrogens is 264 g/mol. The number of hydrogen-bond donors (Lipinski definition) is 1. The Morgan fingerprint density at radius 2 is 1.86 bits per heavy atom. The second kappa shape index (κ2) is 10.2. The van der Waals surface area contributed by atoms with E-state index in [0.717, 1.165) is 25.0 Å². The number of nitrogens with zero attached hydrogens (tertiary/aromatic N) is 1. The van der Waals surface area contributed by atoms with Crippen LogP contribution in [0.2, 0.25) is 0 Å². The van der Waals surface area contributed by atoms with Crippen LogP contribution in [0.1, 0.15) is 47.0 Å². The van der Waals surface area contributed by atoms with E-state index in [0.29, 0.717) is 13.2 Å². The Labute approximate surface area is 130 Å². The zero-order valence-corrected chi connectivity index (χ0v) is 14.4. The van der Waals surface area contributed by atoms with Gasteiger partial charge in [-0.05, 0) is 44.2 Å². The highest BCUT2D eigenvalue weighted by Gasteiger charge is 2.19. The molecule has 0 aromatic heterocycles. The third-order valence-electron chi connectivity index (χ3n) is 4.13. The van der Waals surface area contributed by atoms with Gasteiger partial charge in [-0.1, -0.05) is 27.7 Å². The predicted molar refractivity (Wildman–Crippen MR) is 87.3 cm³/mol. The van der Waals surface area contributed by atoms with Crippen LogP contribution >= 0.6 is 0 Å². The molecule has 21 heavy (non-hydrogen) atoms. The second-order valence-electron chi connectivity index (χ2n) is 6.97. The lowest BCUT2D eigenvalue weighted by Gasteiger charge is -2.32. The lowest BCUT2D eigenvalue weighted by molar-refractivity contribution is -0.124. The molecule has 1 rings (SSSR count). The molecular formula is C17H34N2O2. The number of likely N-dealkylation sites (tertiary alicyclic amines) is 1. The van der Waals surface area contributed by atoms with Gasteiger partial charge in [0, 0.05) is 19.0 Å². The van der Waals surface area contributed by atoms with Crippen LogP contribution in [0, 0.1) is 17.8 Å². The normalized spacial score (nSPS) is 17.6. The highest BCUT2D eigenvalue weighted by atomic mass is 16.5. The minimum Gasteiger partial charge on any atom is -0.378 e. The topological polar surface area (TPSA) is 41.6 Å². The van der Waals surface area contributed by atoms with Gasteiger partial charge < -0.3 is 15.0 Å². The number of amides is 1. The first-order valence-electron chi connectivity index (χ1n) is 8.56. The van der Waals surface area contributed by atoms with Crippen LogP contribution < -0.4 is 5.32 Å². The summed E-state index contributed by atoms with van der Waals surface area (Å²) in [6, 6.07) is 0. The van der Waals surface area contributed by atoms with Crippen LogP contribution in [-0.2, 0) is 9.53 Å². The van der Waals surface area contributed by atoms with Gasteiger partial charge in [0.1, 0.15) is 0 Å². The molecule has 0 atom stereocenters. The van der Waals surface area contributed by atoms with E-state index in [4.69, 9.17) is 4.74 Å². The maximum Gasteiger partial charge on any atom is 0.222 e. The summed E-state index contributed by atoms with van der Waals surface area (Å²) in [5, 5.41) is 2.87. The maximum absolute atomic E-state index is 11.4. The van der Waals surface area contributed by atoms with E-state index in [-0.39, 0.29) is 11.8 Å². The molecule has 1 saturated heterocycles. The molecule has 0 radical (unpaired) electrons. The van der Waals surface area contributed by atoms with Crippen molar-refractivity contribution < 1.29 is 9.53 Å². The van der Waals surface area contributed by atoms with Gasteiger partial charge in [-0.15, -0.1) is 0 Å². The van der Waals surface area contributed by atoms with Crippen LogP contribution in [0.3, 0.4) is 0 Å². The Morgan fingerprint density at radius 1 is 1.19 bits per heavy atom. The first kappa shape index (κ1) is 18.4. The van der Waals surface area contributed by atoms with Gasteiger partial charge in [-0.25, -0.2) is 0 Å². The van der Waals surface area contributed by atoms with Crippen LogP contribution in [-0.4, -0.2) is 50.2 Å². The van der Waals surface area contributed by atoms with E-state index in [1.807, 2.05) is 13.8 Å². The summed E-state index contributed by atoms with van der Waals surface area (Å²) in [5.74, 6) is 1.90. The molecule has 4 nitrogen and oxygen atoms in total. The smallest absolute Gasteiger partial charge is 0.222 e. The zero-order valence-electron chi connectivity index (χ0n) is 14.4. The molecule has 0 spiro atoms. The summed E-state index contributed by atoms with van der Waals surface area (Å²) < 4.78 is 5.60. The third kappa shape index (κ3) is 8.42. The Bertz CT molecular complexity index is 285. The molecule has 1 aliphatic heterocycles. The number of piperidine rings is 1. The number of ether oxygens (including phenoxy) is 1. The van der Waals surface area contributed by atoms with Gasteiger partial charge in [0.25, 0.3) is 0 Å². The van der Waals surface area contributed by atoms with E-state index in [9.17, 15) is 4.79 Å². The molecule has 0 bridgehead atoms. The van der Waals surface area contributed by atoms with Crippen LogP contribution in [0.25, 0.3) is 0 Å². The van der Waals surface area contributed by atoms with Crippen molar-refractivity contribution in [3.05, 3.63) is 0 Å². The Kier molecular flexibility index (Phi) is 8.93. The minimum atomic E-state index is 0.0529. The molecule has 1 aliphatic rings. The number of rotatable bonds is 9. The maximum atomic E-state index is 11.4. The molecule has 1 N–H and O–H groups in total. The third-order valence-corrected chi connectivity index (χ3v) is 4.13. The van der Waals surface area contributed by atoms with E-state index in [1.54, 1.807) is 0 Å². The first-order valence-corrected chi connectivity index (χ1v) is 8.56. The van der Waals surface area contributed by atoms with Gasteiger partial charge >= 0.3 is 0 Å². The van der Waals surface area contributed by atoms with Gasteiger partial charge in [0.15, 0.2) is 0 Å². The molecule has 0 unspecified atom stereocenters. The molecule has 1 amide bonds. The quantitative estimate of drug-likeness (QED) is 0.665. The van der Waals surface area contributed by atoms with Crippen LogP contribution in [0.5, 0.6) is 0 Å². The minimum absolute atomic E-state index is 0.0529. The van der Waals surface area contributed by atoms with Crippen LogP contribution in [0.15, 0.2) is 0 Å². The number of hydrogen-bond acceptors (Lipinski definition) is 3. The lowest BCUT2D eigenvalue weighted by atomic mass is 9.89. The molecule has 1 fully saturated rings. The largest absolute Gasteiger partial charge is 0.378 e. The summed E-state index contributed by atoms with van der Waals surface area (Å²) in [6.07, 6.45) is 4.05. The number of nitrogens with one attached hydrogen (secondary N) is 1. The average molecular weight is 298 g/mol. The predicted octanol–water partition coefficient (Wildman–Crippen LogP) is 2.53. The fourth-order valence-corrected chi connectivity index (χ4v) is 2.86. The molecule has 0 aliphatic carbocycles. The number of carbonyl (C=O) groups is 1. The fraction of sp³-hybridized carbons (Fsp3) is 0.941. The molecule has 0 saturated carbocycles. The molecule has 4 heteroatoms. The van der Waals surface area contributed by atoms with E-state index < -0.39 is 0 Å². The first-order chi connectivity index (χ1) is 9.99. The molecule has 124 valence electrons. The van der Waals surface area contributed by atoms with E-state index in [1.165, 1.54) is 32.4 Å². The molecule has 0 aromatic rings. The van der Waals surface area contributed by atoms with Crippen LogP contribution in [0.4, 0.5) is 0 Å². The van der Waals surface area contributed by atoms with Crippen molar-refractivity contribution in [1.29, 1.82) is 0 Å². The summed E-state index contributed by atoms with van der Waals surface area (Å²) in [5.41, 5.74) is 0. The summed E-state index contributed by atoms with van der Waals surface area (Å²) in [7, 11) is 0. The lowest BCUT2D eigenvalue weighted by Crippen LogP contribution is -2.37. The van der Waals surface area contributed by atoms with Crippen molar-refractivity contribution in [2.45, 2.75) is 47.0 Å². The highest BCUT2D eigenvalue weighted by molar-refractivity contribution is 5.77. The fourth-order valence-electron chi connectivity index (χ4n) is 2.86. The standard InChI is InChI=1S/C17H34N2O2/c1-14(2)13-16-5-8-19(9-6-16)10-12-21-11-7-18-17(20)15(3)4/h14-16H,5-13H2,1-4H3,(H,18,20).